The Bertz CT molecular complexity index is 256. The summed E-state index contributed by atoms with van der Waals surface area (Å²) in [5.74, 6) is 0.319. The van der Waals surface area contributed by atoms with Crippen LogP contribution in [0.1, 0.15) is 19.8 Å². The smallest absolute Gasteiger partial charge is 0.328 e. The van der Waals surface area contributed by atoms with Crippen LogP contribution in [0.15, 0.2) is 24.3 Å². The van der Waals surface area contributed by atoms with Crippen LogP contribution in [-0.2, 0) is 9.53 Å². The maximum Gasteiger partial charge on any atom is 0.328 e. The highest BCUT2D eigenvalue weighted by Crippen LogP contribution is 2.24. The molecule has 0 fully saturated rings. The van der Waals surface area contributed by atoms with Gasteiger partial charge in [0.1, 0.15) is 0 Å². The molecule has 0 heterocycles. The minimum absolute atomic E-state index is 0.388. The van der Waals surface area contributed by atoms with E-state index in [0.717, 1.165) is 25.5 Å². The third-order valence-electron chi connectivity index (χ3n) is 2.72. The highest BCUT2D eigenvalue weighted by Gasteiger charge is 2.17. The number of aliphatic carboxylic acids is 1. The van der Waals surface area contributed by atoms with E-state index in [0.29, 0.717) is 18.4 Å². The van der Waals surface area contributed by atoms with E-state index < -0.39 is 5.97 Å². The van der Waals surface area contributed by atoms with Gasteiger partial charge in [0.25, 0.3) is 0 Å². The summed E-state index contributed by atoms with van der Waals surface area (Å²) in [6.07, 6.45) is 9.26. The molecule has 0 aromatic carbocycles. The second-order valence-electron chi connectivity index (χ2n) is 3.96. The lowest BCUT2D eigenvalue weighted by Crippen LogP contribution is -2.19. The molecule has 2 unspecified atom stereocenters. The molecule has 1 aliphatic rings. The van der Waals surface area contributed by atoms with Crippen LogP contribution in [0, 0.1) is 11.8 Å². The summed E-state index contributed by atoms with van der Waals surface area (Å²) in [5.41, 5.74) is 0. The van der Waals surface area contributed by atoms with Crippen LogP contribution in [-0.4, -0.2) is 24.3 Å². The molecule has 2 atom stereocenters. The van der Waals surface area contributed by atoms with Gasteiger partial charge >= 0.3 is 5.97 Å². The first kappa shape index (κ1) is 12.0. The molecule has 3 nitrogen and oxygen atoms in total. The maximum absolute atomic E-state index is 10.2. The SMILES string of the molecule is CC1CC=CCC1COCC=CC(=O)O. The Morgan fingerprint density at radius 1 is 1.53 bits per heavy atom. The van der Waals surface area contributed by atoms with Crippen molar-refractivity contribution in [2.45, 2.75) is 19.8 Å². The fourth-order valence-corrected chi connectivity index (χ4v) is 1.68. The summed E-state index contributed by atoms with van der Waals surface area (Å²) in [7, 11) is 0. The number of hydrogen-bond donors (Lipinski definition) is 1. The number of carboxylic acids is 1. The van der Waals surface area contributed by atoms with Crippen molar-refractivity contribution in [1.82, 2.24) is 0 Å². The molecular weight excluding hydrogens is 192 g/mol. The number of hydrogen-bond acceptors (Lipinski definition) is 2. The first-order valence-electron chi connectivity index (χ1n) is 5.32. The van der Waals surface area contributed by atoms with E-state index in [1.165, 1.54) is 6.08 Å². The van der Waals surface area contributed by atoms with Crippen LogP contribution < -0.4 is 0 Å². The van der Waals surface area contributed by atoms with Crippen molar-refractivity contribution in [2.24, 2.45) is 11.8 Å². The van der Waals surface area contributed by atoms with E-state index in [4.69, 9.17) is 9.84 Å². The summed E-state index contributed by atoms with van der Waals surface area (Å²) >= 11 is 0. The predicted octanol–water partition coefficient (Wildman–Crippen LogP) is 2.25. The van der Waals surface area contributed by atoms with Gasteiger partial charge in [-0.05, 0) is 24.7 Å². The molecule has 0 spiro atoms. The van der Waals surface area contributed by atoms with Gasteiger partial charge in [-0.25, -0.2) is 4.79 Å². The third-order valence-corrected chi connectivity index (χ3v) is 2.72. The topological polar surface area (TPSA) is 46.5 Å². The van der Waals surface area contributed by atoms with E-state index in [2.05, 4.69) is 19.1 Å². The molecule has 84 valence electrons. The van der Waals surface area contributed by atoms with Crippen molar-refractivity contribution in [3.63, 3.8) is 0 Å². The minimum atomic E-state index is -0.924. The van der Waals surface area contributed by atoms with Gasteiger partial charge in [0.2, 0.25) is 0 Å². The van der Waals surface area contributed by atoms with Crippen molar-refractivity contribution < 1.29 is 14.6 Å². The fraction of sp³-hybridized carbons (Fsp3) is 0.583. The van der Waals surface area contributed by atoms with E-state index in [1.54, 1.807) is 0 Å². The summed E-state index contributed by atoms with van der Waals surface area (Å²) in [5, 5.41) is 8.35. The lowest BCUT2D eigenvalue weighted by Gasteiger charge is -2.24. The van der Waals surface area contributed by atoms with Crippen LogP contribution >= 0.6 is 0 Å². The Morgan fingerprint density at radius 3 is 2.93 bits per heavy atom. The predicted molar refractivity (Wildman–Crippen MR) is 58.6 cm³/mol. The fourth-order valence-electron chi connectivity index (χ4n) is 1.68. The summed E-state index contributed by atoms with van der Waals surface area (Å²) < 4.78 is 5.41. The molecule has 15 heavy (non-hydrogen) atoms. The van der Waals surface area contributed by atoms with E-state index in [-0.39, 0.29) is 0 Å². The number of carbonyl (C=O) groups is 1. The molecule has 3 heteroatoms. The zero-order valence-electron chi connectivity index (χ0n) is 9.06. The van der Waals surface area contributed by atoms with Crippen molar-refractivity contribution in [2.75, 3.05) is 13.2 Å². The molecular formula is C12H18O3. The number of ether oxygens (including phenoxy) is 1. The molecule has 0 saturated carbocycles. The lowest BCUT2D eigenvalue weighted by atomic mass is 9.85. The molecule has 0 aromatic heterocycles. The molecule has 1 aliphatic carbocycles. The molecule has 0 amide bonds. The van der Waals surface area contributed by atoms with Gasteiger partial charge < -0.3 is 9.84 Å². The Labute approximate surface area is 90.4 Å². The summed E-state index contributed by atoms with van der Waals surface area (Å²) in [6, 6.07) is 0. The Hall–Kier alpha value is -1.09. The molecule has 0 radical (unpaired) electrons. The zero-order valence-corrected chi connectivity index (χ0v) is 9.06. The van der Waals surface area contributed by atoms with Gasteiger partial charge in [-0.15, -0.1) is 0 Å². The number of rotatable bonds is 5. The lowest BCUT2D eigenvalue weighted by molar-refractivity contribution is -0.131. The Morgan fingerprint density at radius 2 is 2.27 bits per heavy atom. The highest BCUT2D eigenvalue weighted by atomic mass is 16.5. The molecule has 0 aliphatic heterocycles. The standard InChI is InChI=1S/C12H18O3/c1-10-5-2-3-6-11(10)9-15-8-4-7-12(13)14/h2-4,7,10-11H,5-6,8-9H2,1H3,(H,13,14). The first-order chi connectivity index (χ1) is 7.20. The van der Waals surface area contributed by atoms with Gasteiger partial charge in [0.15, 0.2) is 0 Å². The molecule has 0 aromatic rings. The van der Waals surface area contributed by atoms with Gasteiger partial charge in [-0.3, -0.25) is 0 Å². The average molecular weight is 210 g/mol. The Kier molecular flexibility index (Phi) is 5.12. The van der Waals surface area contributed by atoms with Crippen molar-refractivity contribution in [3.8, 4) is 0 Å². The normalized spacial score (nSPS) is 25.9. The van der Waals surface area contributed by atoms with Crippen LogP contribution in [0.2, 0.25) is 0 Å². The largest absolute Gasteiger partial charge is 0.478 e. The first-order valence-corrected chi connectivity index (χ1v) is 5.32. The van der Waals surface area contributed by atoms with Crippen LogP contribution in [0.4, 0.5) is 0 Å². The summed E-state index contributed by atoms with van der Waals surface area (Å²) in [4.78, 5) is 10.2. The van der Waals surface area contributed by atoms with Crippen LogP contribution in [0.3, 0.4) is 0 Å². The van der Waals surface area contributed by atoms with E-state index in [9.17, 15) is 4.79 Å². The van der Waals surface area contributed by atoms with Gasteiger partial charge in [-0.2, -0.15) is 0 Å². The summed E-state index contributed by atoms with van der Waals surface area (Å²) in [6.45, 7) is 3.33. The van der Waals surface area contributed by atoms with Gasteiger partial charge in [-0.1, -0.05) is 25.2 Å². The number of allylic oxidation sites excluding steroid dienone is 2. The van der Waals surface area contributed by atoms with Crippen LogP contribution in [0.5, 0.6) is 0 Å². The van der Waals surface area contributed by atoms with Crippen molar-refractivity contribution in [3.05, 3.63) is 24.3 Å². The minimum Gasteiger partial charge on any atom is -0.478 e. The van der Waals surface area contributed by atoms with E-state index in [1.807, 2.05) is 0 Å². The number of carboxylic acid groups (broad SMARTS) is 1. The van der Waals surface area contributed by atoms with E-state index >= 15 is 0 Å². The molecule has 0 bridgehead atoms. The second-order valence-corrected chi connectivity index (χ2v) is 3.96. The third kappa shape index (κ3) is 4.79. The van der Waals surface area contributed by atoms with Gasteiger partial charge in [0, 0.05) is 6.08 Å². The monoisotopic (exact) mass is 210 g/mol. The highest BCUT2D eigenvalue weighted by molar-refractivity contribution is 5.79. The van der Waals surface area contributed by atoms with Gasteiger partial charge in [0.05, 0.1) is 13.2 Å². The maximum atomic E-state index is 10.2. The van der Waals surface area contributed by atoms with Crippen LogP contribution in [0.25, 0.3) is 0 Å². The van der Waals surface area contributed by atoms with Crippen molar-refractivity contribution in [1.29, 1.82) is 0 Å². The quantitative estimate of drug-likeness (QED) is 0.430. The average Bonchev–Trinajstić information content (AvgIpc) is 2.20. The second kappa shape index (κ2) is 6.40. The van der Waals surface area contributed by atoms with Crippen molar-refractivity contribution >= 4 is 5.97 Å². The molecule has 1 rings (SSSR count). The zero-order chi connectivity index (χ0) is 11.1. The Balaban J connectivity index is 2.14. The molecule has 1 N–H and O–H groups in total. The molecule has 0 saturated heterocycles.